The van der Waals surface area contributed by atoms with Gasteiger partial charge in [-0.25, -0.2) is 4.79 Å². The summed E-state index contributed by atoms with van der Waals surface area (Å²) in [5.74, 6) is -1.12. The van der Waals surface area contributed by atoms with E-state index in [-0.39, 0.29) is 11.5 Å². The highest BCUT2D eigenvalue weighted by Crippen LogP contribution is 2.38. The fraction of sp³-hybridized carbons (Fsp3) is 0. The van der Waals surface area contributed by atoms with Crippen LogP contribution in [-0.2, 0) is 4.79 Å². The van der Waals surface area contributed by atoms with Crippen molar-refractivity contribution in [3.63, 3.8) is 0 Å². The minimum absolute atomic E-state index is 0.152. The molecule has 3 rings (SSSR count). The molecule has 0 unspecified atom stereocenters. The van der Waals surface area contributed by atoms with E-state index in [0.29, 0.717) is 4.91 Å². The molecule has 1 aliphatic heterocycles. The summed E-state index contributed by atoms with van der Waals surface area (Å²) in [7, 11) is 0. The van der Waals surface area contributed by atoms with Gasteiger partial charge in [-0.1, -0.05) is 36.0 Å². The van der Waals surface area contributed by atoms with Gasteiger partial charge in [-0.2, -0.15) is 0 Å². The monoisotopic (exact) mass is 297 g/mol. The molecule has 2 aromatic carbocycles. The van der Waals surface area contributed by atoms with Gasteiger partial charge in [0.2, 0.25) is 0 Å². The van der Waals surface area contributed by atoms with Crippen molar-refractivity contribution in [1.29, 1.82) is 0 Å². The maximum absolute atomic E-state index is 12.0. The highest BCUT2D eigenvalue weighted by Gasteiger charge is 2.20. The quantitative estimate of drug-likeness (QED) is 0.833. The number of rotatable bonds is 2. The summed E-state index contributed by atoms with van der Waals surface area (Å²) < 4.78 is 0. The zero-order chi connectivity index (χ0) is 14.8. The molecule has 1 amide bonds. The number of para-hydroxylation sites is 1. The molecule has 0 saturated carbocycles. The summed E-state index contributed by atoms with van der Waals surface area (Å²) >= 11 is 1.40. The summed E-state index contributed by atoms with van der Waals surface area (Å²) in [6.07, 6.45) is 1.75. The Hall–Kier alpha value is -2.53. The van der Waals surface area contributed by atoms with Crippen LogP contribution in [0.15, 0.2) is 58.3 Å². The van der Waals surface area contributed by atoms with Crippen LogP contribution in [0, 0.1) is 0 Å². The topological polar surface area (TPSA) is 66.4 Å². The molecule has 0 saturated heterocycles. The molecule has 0 atom stereocenters. The molecule has 4 nitrogen and oxygen atoms in total. The van der Waals surface area contributed by atoms with Crippen LogP contribution < -0.4 is 5.32 Å². The molecule has 0 fully saturated rings. The molecule has 2 aromatic rings. The third-order valence-corrected chi connectivity index (χ3v) is 4.13. The Labute approximate surface area is 125 Å². The summed E-state index contributed by atoms with van der Waals surface area (Å²) in [6, 6.07) is 14.0. The Bertz CT molecular complexity index is 750. The lowest BCUT2D eigenvalue weighted by Gasteiger charge is -2.18. The first kappa shape index (κ1) is 13.5. The summed E-state index contributed by atoms with van der Waals surface area (Å²) in [6.45, 7) is 0. The first-order valence-electron chi connectivity index (χ1n) is 6.27. The number of thioether (sulfide) groups is 1. The summed E-state index contributed by atoms with van der Waals surface area (Å²) in [4.78, 5) is 24.4. The number of carbonyl (C=O) groups is 2. The number of amides is 1. The number of carboxylic acids is 1. The van der Waals surface area contributed by atoms with Crippen LogP contribution in [0.2, 0.25) is 0 Å². The van der Waals surface area contributed by atoms with Crippen molar-refractivity contribution in [3.05, 3.63) is 64.6 Å². The largest absolute Gasteiger partial charge is 0.478 e. The lowest BCUT2D eigenvalue weighted by molar-refractivity contribution is -0.112. The van der Waals surface area contributed by atoms with E-state index < -0.39 is 5.97 Å². The molecule has 2 N–H and O–H groups in total. The van der Waals surface area contributed by atoms with Gasteiger partial charge in [0, 0.05) is 4.90 Å². The summed E-state index contributed by atoms with van der Waals surface area (Å²) in [5, 5.41) is 11.7. The fourth-order valence-corrected chi connectivity index (χ4v) is 2.93. The van der Waals surface area contributed by atoms with E-state index in [1.807, 2.05) is 24.3 Å². The molecular formula is C16H11NO3S. The van der Waals surface area contributed by atoms with Gasteiger partial charge in [0.1, 0.15) is 0 Å². The van der Waals surface area contributed by atoms with E-state index in [1.54, 1.807) is 18.2 Å². The first-order chi connectivity index (χ1) is 10.1. The van der Waals surface area contributed by atoms with Crippen molar-refractivity contribution in [2.24, 2.45) is 0 Å². The van der Waals surface area contributed by atoms with Gasteiger partial charge in [-0.05, 0) is 35.9 Å². The van der Waals surface area contributed by atoms with Crippen LogP contribution in [-0.4, -0.2) is 17.0 Å². The van der Waals surface area contributed by atoms with Crippen molar-refractivity contribution >= 4 is 35.4 Å². The zero-order valence-corrected chi connectivity index (χ0v) is 11.7. The Morgan fingerprint density at radius 3 is 2.52 bits per heavy atom. The Kier molecular flexibility index (Phi) is 3.50. The van der Waals surface area contributed by atoms with Crippen molar-refractivity contribution < 1.29 is 14.7 Å². The Morgan fingerprint density at radius 1 is 1.10 bits per heavy atom. The number of carbonyl (C=O) groups excluding carboxylic acids is 1. The van der Waals surface area contributed by atoms with Gasteiger partial charge in [0.25, 0.3) is 5.91 Å². The van der Waals surface area contributed by atoms with Crippen molar-refractivity contribution in [2.45, 2.75) is 4.90 Å². The van der Waals surface area contributed by atoms with Crippen LogP contribution >= 0.6 is 11.8 Å². The Balaban J connectivity index is 1.90. The predicted octanol–water partition coefficient (Wildman–Crippen LogP) is 3.47. The molecule has 1 heterocycles. The lowest BCUT2D eigenvalue weighted by atomic mass is 10.1. The van der Waals surface area contributed by atoms with Crippen LogP contribution in [0.4, 0.5) is 5.69 Å². The van der Waals surface area contributed by atoms with E-state index in [9.17, 15) is 9.59 Å². The number of carboxylic acid groups (broad SMARTS) is 1. The average molecular weight is 297 g/mol. The van der Waals surface area contributed by atoms with Gasteiger partial charge < -0.3 is 10.4 Å². The molecule has 0 aromatic heterocycles. The van der Waals surface area contributed by atoms with Gasteiger partial charge >= 0.3 is 5.97 Å². The van der Waals surface area contributed by atoms with Crippen LogP contribution in [0.25, 0.3) is 6.08 Å². The minimum Gasteiger partial charge on any atom is -0.478 e. The highest BCUT2D eigenvalue weighted by molar-refractivity contribution is 8.04. The second kappa shape index (κ2) is 5.46. The lowest BCUT2D eigenvalue weighted by Crippen LogP contribution is -2.17. The maximum Gasteiger partial charge on any atom is 0.335 e. The van der Waals surface area contributed by atoms with E-state index in [1.165, 1.54) is 23.9 Å². The van der Waals surface area contributed by atoms with Crippen molar-refractivity contribution in [1.82, 2.24) is 0 Å². The van der Waals surface area contributed by atoms with E-state index >= 15 is 0 Å². The molecule has 1 aliphatic rings. The van der Waals surface area contributed by atoms with E-state index in [0.717, 1.165) is 16.1 Å². The molecule has 0 bridgehead atoms. The van der Waals surface area contributed by atoms with Crippen molar-refractivity contribution in [2.75, 3.05) is 5.32 Å². The standard InChI is InChI=1S/C16H11NO3S/c18-15-14(21-13-4-2-1-3-12(13)17-15)9-10-5-7-11(8-6-10)16(19)20/h1-9H,(H,17,18)(H,19,20)/b14-9-. The molecule has 21 heavy (non-hydrogen) atoms. The molecular weight excluding hydrogens is 286 g/mol. The number of aromatic carboxylic acids is 1. The van der Waals surface area contributed by atoms with Crippen LogP contribution in [0.1, 0.15) is 15.9 Å². The smallest absolute Gasteiger partial charge is 0.335 e. The number of hydrogen-bond acceptors (Lipinski definition) is 3. The summed E-state index contributed by atoms with van der Waals surface area (Å²) in [5.41, 5.74) is 1.83. The third-order valence-electron chi connectivity index (χ3n) is 3.03. The first-order valence-corrected chi connectivity index (χ1v) is 7.08. The molecule has 0 aliphatic carbocycles. The highest BCUT2D eigenvalue weighted by atomic mass is 32.2. The number of anilines is 1. The van der Waals surface area contributed by atoms with Gasteiger partial charge in [0.05, 0.1) is 16.2 Å². The van der Waals surface area contributed by atoms with Gasteiger partial charge in [0.15, 0.2) is 0 Å². The van der Waals surface area contributed by atoms with E-state index in [4.69, 9.17) is 5.11 Å². The van der Waals surface area contributed by atoms with E-state index in [2.05, 4.69) is 5.32 Å². The minimum atomic E-state index is -0.965. The van der Waals surface area contributed by atoms with Gasteiger partial charge in [-0.3, -0.25) is 4.79 Å². The Morgan fingerprint density at radius 2 is 1.81 bits per heavy atom. The third kappa shape index (κ3) is 2.83. The number of benzene rings is 2. The van der Waals surface area contributed by atoms with Gasteiger partial charge in [-0.15, -0.1) is 0 Å². The SMILES string of the molecule is O=C1Nc2ccccc2S/C1=C\c1ccc(C(=O)O)cc1. The number of hydrogen-bond donors (Lipinski definition) is 2. The predicted molar refractivity (Wildman–Crippen MR) is 82.3 cm³/mol. The second-order valence-corrected chi connectivity index (χ2v) is 5.57. The molecule has 0 radical (unpaired) electrons. The van der Waals surface area contributed by atoms with Crippen molar-refractivity contribution in [3.8, 4) is 0 Å². The molecule has 5 heteroatoms. The fourth-order valence-electron chi connectivity index (χ4n) is 1.98. The maximum atomic E-state index is 12.0. The number of nitrogens with one attached hydrogen (secondary N) is 1. The normalized spacial score (nSPS) is 15.4. The average Bonchev–Trinajstić information content (AvgIpc) is 2.48. The van der Waals surface area contributed by atoms with Crippen LogP contribution in [0.5, 0.6) is 0 Å². The van der Waals surface area contributed by atoms with Crippen LogP contribution in [0.3, 0.4) is 0 Å². The molecule has 104 valence electrons. The second-order valence-electron chi connectivity index (χ2n) is 4.49. The number of fused-ring (bicyclic) bond motifs is 1. The zero-order valence-electron chi connectivity index (χ0n) is 10.9. The molecule has 0 spiro atoms.